The lowest BCUT2D eigenvalue weighted by Crippen LogP contribution is -2.13. The Balaban J connectivity index is 1.97. The minimum atomic E-state index is 0.158. The molecule has 3 aromatic heterocycles. The van der Waals surface area contributed by atoms with Crippen LogP contribution in [0.3, 0.4) is 0 Å². The van der Waals surface area contributed by atoms with E-state index in [0.717, 1.165) is 17.9 Å². The van der Waals surface area contributed by atoms with Crippen LogP contribution in [0.2, 0.25) is 0 Å². The number of nitrogens with one attached hydrogen (secondary N) is 1. The fourth-order valence-electron chi connectivity index (χ4n) is 2.19. The molecule has 0 bridgehead atoms. The minimum absolute atomic E-state index is 0.158. The summed E-state index contributed by atoms with van der Waals surface area (Å²) in [6.45, 7) is 2.88. The van der Waals surface area contributed by atoms with Crippen LogP contribution < -0.4 is 0 Å². The van der Waals surface area contributed by atoms with Gasteiger partial charge in [0.15, 0.2) is 10.6 Å². The molecular weight excluding hydrogens is 272 g/mol. The Morgan fingerprint density at radius 2 is 2.25 bits per heavy atom. The molecule has 1 unspecified atom stereocenters. The predicted octanol–water partition coefficient (Wildman–Crippen LogP) is 2.46. The van der Waals surface area contributed by atoms with E-state index in [1.54, 1.807) is 24.9 Å². The number of hydrogen-bond donors (Lipinski definition) is 1. The molecule has 0 saturated carbocycles. The number of hydrogen-bond acceptors (Lipinski definition) is 4. The quantitative estimate of drug-likeness (QED) is 0.748. The molecule has 0 spiro atoms. The molecule has 0 amide bonds. The second kappa shape index (κ2) is 5.38. The van der Waals surface area contributed by atoms with Crippen molar-refractivity contribution in [3.8, 4) is 11.4 Å². The van der Waals surface area contributed by atoms with Crippen molar-refractivity contribution in [3.05, 3.63) is 48.0 Å². The van der Waals surface area contributed by atoms with E-state index in [1.807, 2.05) is 27.5 Å². The van der Waals surface area contributed by atoms with E-state index in [4.69, 9.17) is 12.2 Å². The van der Waals surface area contributed by atoms with Crippen LogP contribution in [-0.2, 0) is 6.54 Å². The van der Waals surface area contributed by atoms with Crippen molar-refractivity contribution >= 4 is 12.2 Å². The number of aromatic amines is 1. The fraction of sp³-hybridized carbons (Fsp3) is 0.231. The van der Waals surface area contributed by atoms with E-state index in [1.165, 1.54) is 0 Å². The maximum Gasteiger partial charge on any atom is 0.195 e. The highest BCUT2D eigenvalue weighted by atomic mass is 32.1. The van der Waals surface area contributed by atoms with Gasteiger partial charge >= 0.3 is 0 Å². The summed E-state index contributed by atoms with van der Waals surface area (Å²) in [6.07, 6.45) is 9.02. The molecule has 20 heavy (non-hydrogen) atoms. The standard InChI is InChI=1S/C13H14N6S/c1-10(8-18-6-5-15-9-18)19-12(16-17-13(19)20)11-3-2-4-14-7-11/h2-7,9-10H,8H2,1H3,(H,17,20). The van der Waals surface area contributed by atoms with Crippen LogP contribution in [0.4, 0.5) is 0 Å². The highest BCUT2D eigenvalue weighted by Gasteiger charge is 2.14. The summed E-state index contributed by atoms with van der Waals surface area (Å²) >= 11 is 5.34. The molecule has 3 rings (SSSR count). The van der Waals surface area contributed by atoms with Gasteiger partial charge in [-0.3, -0.25) is 14.6 Å². The second-order valence-electron chi connectivity index (χ2n) is 4.57. The molecule has 0 aliphatic rings. The van der Waals surface area contributed by atoms with Gasteiger partial charge in [0.1, 0.15) is 0 Å². The minimum Gasteiger partial charge on any atom is -0.335 e. The number of imidazole rings is 1. The van der Waals surface area contributed by atoms with Gasteiger partial charge in [0.2, 0.25) is 0 Å². The lowest BCUT2D eigenvalue weighted by atomic mass is 10.2. The first-order valence-electron chi connectivity index (χ1n) is 6.29. The molecule has 0 fully saturated rings. The smallest absolute Gasteiger partial charge is 0.195 e. The summed E-state index contributed by atoms with van der Waals surface area (Å²) in [5, 5.41) is 7.18. The first-order valence-corrected chi connectivity index (χ1v) is 6.69. The molecule has 7 heteroatoms. The van der Waals surface area contributed by atoms with Crippen molar-refractivity contribution < 1.29 is 0 Å². The van der Waals surface area contributed by atoms with Crippen LogP contribution in [0.15, 0.2) is 43.2 Å². The summed E-state index contributed by atoms with van der Waals surface area (Å²) < 4.78 is 4.63. The summed E-state index contributed by atoms with van der Waals surface area (Å²) in [6, 6.07) is 4.02. The first kappa shape index (κ1) is 12.7. The Labute approximate surface area is 121 Å². The third-order valence-corrected chi connectivity index (χ3v) is 3.39. The first-order chi connectivity index (χ1) is 9.75. The second-order valence-corrected chi connectivity index (χ2v) is 4.96. The third kappa shape index (κ3) is 2.39. The zero-order valence-electron chi connectivity index (χ0n) is 11.0. The summed E-state index contributed by atoms with van der Waals surface area (Å²) in [5.41, 5.74) is 0.942. The van der Waals surface area contributed by atoms with E-state index < -0.39 is 0 Å². The van der Waals surface area contributed by atoms with Gasteiger partial charge in [-0.2, -0.15) is 5.10 Å². The van der Waals surface area contributed by atoms with Gasteiger partial charge in [0.25, 0.3) is 0 Å². The highest BCUT2D eigenvalue weighted by Crippen LogP contribution is 2.21. The largest absolute Gasteiger partial charge is 0.335 e. The van der Waals surface area contributed by atoms with Crippen LogP contribution in [0.25, 0.3) is 11.4 Å². The molecule has 0 radical (unpaired) electrons. The van der Waals surface area contributed by atoms with Crippen molar-refractivity contribution in [2.45, 2.75) is 19.5 Å². The lowest BCUT2D eigenvalue weighted by molar-refractivity contribution is 0.462. The highest BCUT2D eigenvalue weighted by molar-refractivity contribution is 7.71. The summed E-state index contributed by atoms with van der Waals surface area (Å²) in [7, 11) is 0. The zero-order valence-corrected chi connectivity index (χ0v) is 11.8. The van der Waals surface area contributed by atoms with Gasteiger partial charge < -0.3 is 4.57 Å². The molecular formula is C13H14N6S. The molecule has 102 valence electrons. The molecule has 0 aliphatic carbocycles. The van der Waals surface area contributed by atoms with Gasteiger partial charge in [-0.1, -0.05) is 0 Å². The number of H-pyrrole nitrogens is 1. The van der Waals surface area contributed by atoms with Crippen molar-refractivity contribution in [1.29, 1.82) is 0 Å². The molecule has 1 atom stereocenters. The molecule has 0 saturated heterocycles. The average Bonchev–Trinajstić information content (AvgIpc) is 3.09. The summed E-state index contributed by atoms with van der Waals surface area (Å²) in [5.74, 6) is 0.802. The summed E-state index contributed by atoms with van der Waals surface area (Å²) in [4.78, 5) is 8.18. The Bertz CT molecular complexity index is 728. The fourth-order valence-corrected chi connectivity index (χ4v) is 2.51. The van der Waals surface area contributed by atoms with Gasteiger partial charge in [0, 0.05) is 36.9 Å². The van der Waals surface area contributed by atoms with Crippen LogP contribution in [0.5, 0.6) is 0 Å². The zero-order chi connectivity index (χ0) is 13.9. The van der Waals surface area contributed by atoms with Crippen molar-refractivity contribution in [1.82, 2.24) is 29.3 Å². The maximum atomic E-state index is 5.34. The van der Waals surface area contributed by atoms with E-state index in [2.05, 4.69) is 27.1 Å². The Morgan fingerprint density at radius 1 is 1.35 bits per heavy atom. The molecule has 1 N–H and O–H groups in total. The molecule has 3 heterocycles. The van der Waals surface area contributed by atoms with Crippen molar-refractivity contribution in [2.75, 3.05) is 0 Å². The Hall–Kier alpha value is -2.28. The van der Waals surface area contributed by atoms with E-state index in [-0.39, 0.29) is 6.04 Å². The lowest BCUT2D eigenvalue weighted by Gasteiger charge is -2.16. The predicted molar refractivity (Wildman–Crippen MR) is 77.6 cm³/mol. The normalized spacial score (nSPS) is 12.4. The number of rotatable bonds is 4. The molecule has 0 aromatic carbocycles. The van der Waals surface area contributed by atoms with Crippen molar-refractivity contribution in [2.24, 2.45) is 0 Å². The monoisotopic (exact) mass is 286 g/mol. The van der Waals surface area contributed by atoms with E-state index >= 15 is 0 Å². The van der Waals surface area contributed by atoms with E-state index in [0.29, 0.717) is 4.77 Å². The van der Waals surface area contributed by atoms with Crippen molar-refractivity contribution in [3.63, 3.8) is 0 Å². The van der Waals surface area contributed by atoms with Crippen LogP contribution >= 0.6 is 12.2 Å². The van der Waals surface area contributed by atoms with Gasteiger partial charge in [-0.15, -0.1) is 0 Å². The van der Waals surface area contributed by atoms with Crippen LogP contribution in [0, 0.1) is 4.77 Å². The average molecular weight is 286 g/mol. The molecule has 3 aromatic rings. The van der Waals surface area contributed by atoms with Crippen LogP contribution in [0.1, 0.15) is 13.0 Å². The Kier molecular flexibility index (Phi) is 3.42. The SMILES string of the molecule is CC(Cn1ccnc1)n1c(-c2cccnc2)n[nH]c1=S. The van der Waals surface area contributed by atoms with Gasteiger partial charge in [-0.05, 0) is 31.3 Å². The van der Waals surface area contributed by atoms with E-state index in [9.17, 15) is 0 Å². The molecule has 6 nitrogen and oxygen atoms in total. The number of aromatic nitrogens is 6. The number of pyridine rings is 1. The third-order valence-electron chi connectivity index (χ3n) is 3.10. The van der Waals surface area contributed by atoms with Gasteiger partial charge in [0.05, 0.1) is 12.4 Å². The van der Waals surface area contributed by atoms with Crippen LogP contribution in [-0.4, -0.2) is 29.3 Å². The maximum absolute atomic E-state index is 5.34. The number of nitrogens with zero attached hydrogens (tertiary/aromatic N) is 5. The topological polar surface area (TPSA) is 64.3 Å². The van der Waals surface area contributed by atoms with Gasteiger partial charge in [-0.25, -0.2) is 4.98 Å². The Morgan fingerprint density at radius 3 is 2.95 bits per heavy atom. The molecule has 0 aliphatic heterocycles.